The van der Waals surface area contributed by atoms with E-state index in [1.165, 1.54) is 0 Å². The second kappa shape index (κ2) is 3.52. The van der Waals surface area contributed by atoms with Crippen LogP contribution in [0.3, 0.4) is 0 Å². The van der Waals surface area contributed by atoms with E-state index in [0.29, 0.717) is 0 Å². The quantitative estimate of drug-likeness (QED) is 0.902. The van der Waals surface area contributed by atoms with Gasteiger partial charge in [0.1, 0.15) is 0 Å². The number of nitrogens with zero attached hydrogens (tertiary/aromatic N) is 1. The number of hydrogen-bond acceptors (Lipinski definition) is 3. The maximum atomic E-state index is 12.7. The average molecular weight is 259 g/mol. The van der Waals surface area contributed by atoms with Crippen molar-refractivity contribution >= 4 is 5.97 Å². The summed E-state index contributed by atoms with van der Waals surface area (Å²) in [7, 11) is 0. The number of carboxylic acid groups (broad SMARTS) is 1. The Balaban J connectivity index is 2.44. The van der Waals surface area contributed by atoms with Crippen LogP contribution in [0.4, 0.5) is 8.78 Å². The third-order valence-corrected chi connectivity index (χ3v) is 4.34. The van der Waals surface area contributed by atoms with Gasteiger partial charge < -0.3 is 9.52 Å². The lowest BCUT2D eigenvalue weighted by Gasteiger charge is -2.03. The molecule has 1 aliphatic rings. The second-order valence-corrected chi connectivity index (χ2v) is 5.75. The molecule has 1 fully saturated rings. The van der Waals surface area contributed by atoms with Crippen molar-refractivity contribution in [3.63, 3.8) is 0 Å². The van der Waals surface area contributed by atoms with E-state index in [9.17, 15) is 13.6 Å². The first-order valence-corrected chi connectivity index (χ1v) is 5.62. The summed E-state index contributed by atoms with van der Waals surface area (Å²) in [6.07, 6.45) is -2.95. The monoisotopic (exact) mass is 259 g/mol. The molecule has 0 spiro atoms. The molecule has 1 aromatic rings. The zero-order valence-corrected chi connectivity index (χ0v) is 10.6. The predicted octanol–water partition coefficient (Wildman–Crippen LogP) is 3.46. The number of rotatable bonds is 3. The highest BCUT2D eigenvalue weighted by Gasteiger charge is 2.67. The first-order valence-electron chi connectivity index (χ1n) is 5.62. The lowest BCUT2D eigenvalue weighted by molar-refractivity contribution is 0.0643. The van der Waals surface area contributed by atoms with Crippen LogP contribution in [0.15, 0.2) is 4.42 Å². The number of aromatic carboxylic acids is 1. The molecule has 0 aliphatic heterocycles. The first kappa shape index (κ1) is 13.0. The third-order valence-electron chi connectivity index (χ3n) is 4.34. The van der Waals surface area contributed by atoms with E-state index in [1.807, 2.05) is 27.7 Å². The summed E-state index contributed by atoms with van der Waals surface area (Å²) in [5, 5.41) is 8.82. The molecule has 18 heavy (non-hydrogen) atoms. The van der Waals surface area contributed by atoms with Gasteiger partial charge >= 0.3 is 5.97 Å². The minimum Gasteiger partial charge on any atom is -0.475 e. The molecule has 0 unspecified atom stereocenters. The van der Waals surface area contributed by atoms with Gasteiger partial charge in [-0.1, -0.05) is 27.7 Å². The Morgan fingerprint density at radius 3 is 2.11 bits per heavy atom. The lowest BCUT2D eigenvalue weighted by atomic mass is 10.0. The Hall–Kier alpha value is -1.46. The number of aromatic nitrogens is 1. The van der Waals surface area contributed by atoms with Crippen LogP contribution in [0.25, 0.3) is 0 Å². The van der Waals surface area contributed by atoms with Gasteiger partial charge in [0.2, 0.25) is 5.76 Å². The van der Waals surface area contributed by atoms with Crippen molar-refractivity contribution in [3.05, 3.63) is 17.3 Å². The Morgan fingerprint density at radius 1 is 1.33 bits per heavy atom. The van der Waals surface area contributed by atoms with E-state index in [0.717, 1.165) is 0 Å². The first-order chi connectivity index (χ1) is 8.10. The zero-order chi connectivity index (χ0) is 13.9. The smallest absolute Gasteiger partial charge is 0.374 e. The van der Waals surface area contributed by atoms with Gasteiger partial charge in [-0.25, -0.2) is 18.6 Å². The van der Waals surface area contributed by atoms with Crippen molar-refractivity contribution in [2.45, 2.75) is 40.0 Å². The lowest BCUT2D eigenvalue weighted by Crippen LogP contribution is -1.99. The van der Waals surface area contributed by atoms with Crippen LogP contribution >= 0.6 is 0 Å². The Morgan fingerprint density at radius 2 is 1.83 bits per heavy atom. The topological polar surface area (TPSA) is 63.3 Å². The largest absolute Gasteiger partial charge is 0.475 e. The summed E-state index contributed by atoms with van der Waals surface area (Å²) in [4.78, 5) is 14.5. The van der Waals surface area contributed by atoms with Crippen LogP contribution in [0.5, 0.6) is 0 Å². The summed E-state index contributed by atoms with van der Waals surface area (Å²) in [5.74, 6) is -2.31. The maximum Gasteiger partial charge on any atom is 0.374 e. The molecule has 6 heteroatoms. The van der Waals surface area contributed by atoms with Gasteiger partial charge in [-0.3, -0.25) is 0 Å². The molecule has 0 bridgehead atoms. The van der Waals surface area contributed by atoms with Gasteiger partial charge in [-0.2, -0.15) is 0 Å². The van der Waals surface area contributed by atoms with Crippen LogP contribution in [-0.2, 0) is 0 Å². The fourth-order valence-corrected chi connectivity index (χ4v) is 2.59. The number of carbonyl (C=O) groups is 1. The Labute approximate surface area is 103 Å². The minimum absolute atomic E-state index is 0.0951. The third kappa shape index (κ3) is 1.54. The van der Waals surface area contributed by atoms with E-state index < -0.39 is 23.8 Å². The van der Waals surface area contributed by atoms with Gasteiger partial charge in [0.15, 0.2) is 11.6 Å². The second-order valence-electron chi connectivity index (χ2n) is 5.75. The maximum absolute atomic E-state index is 12.7. The van der Waals surface area contributed by atoms with Gasteiger partial charge in [0.25, 0.3) is 6.43 Å². The summed E-state index contributed by atoms with van der Waals surface area (Å²) >= 11 is 0. The molecule has 1 N–H and O–H groups in total. The SMILES string of the molecule is CC1(C)C(c2nc(C(F)F)c(C(=O)O)o2)C1(C)C. The van der Waals surface area contributed by atoms with E-state index in [4.69, 9.17) is 9.52 Å². The zero-order valence-electron chi connectivity index (χ0n) is 10.6. The van der Waals surface area contributed by atoms with Crippen molar-refractivity contribution in [2.24, 2.45) is 10.8 Å². The average Bonchev–Trinajstić information content (AvgIpc) is 2.59. The van der Waals surface area contributed by atoms with Crippen LogP contribution < -0.4 is 0 Å². The number of carboxylic acids is 1. The standard InChI is InChI=1S/C12H15F2NO3/c1-11(2)7(12(11,3)4)9-15-5(8(13)14)6(18-9)10(16)17/h7-8H,1-4H3,(H,16,17). The fraction of sp³-hybridized carbons (Fsp3) is 0.667. The van der Waals surface area contributed by atoms with Gasteiger partial charge in [0.05, 0.1) is 0 Å². The van der Waals surface area contributed by atoms with Gasteiger partial charge in [-0.05, 0) is 10.8 Å². The van der Waals surface area contributed by atoms with E-state index in [2.05, 4.69) is 4.98 Å². The summed E-state index contributed by atoms with van der Waals surface area (Å²) in [6, 6.07) is 0. The molecule has 100 valence electrons. The van der Waals surface area contributed by atoms with Crippen molar-refractivity contribution in [2.75, 3.05) is 0 Å². The highest BCUT2D eigenvalue weighted by atomic mass is 19.3. The van der Waals surface area contributed by atoms with Crippen LogP contribution in [0.2, 0.25) is 0 Å². The molecule has 1 aromatic heterocycles. The molecule has 0 saturated heterocycles. The Bertz CT molecular complexity index is 491. The molecule has 1 saturated carbocycles. The normalized spacial score (nSPS) is 21.3. The highest BCUT2D eigenvalue weighted by molar-refractivity contribution is 5.85. The van der Waals surface area contributed by atoms with E-state index in [1.54, 1.807) is 0 Å². The van der Waals surface area contributed by atoms with Gasteiger partial charge in [-0.15, -0.1) is 0 Å². The molecule has 1 heterocycles. The summed E-state index contributed by atoms with van der Waals surface area (Å²) < 4.78 is 30.4. The van der Waals surface area contributed by atoms with E-state index in [-0.39, 0.29) is 22.6 Å². The molecular weight excluding hydrogens is 244 g/mol. The van der Waals surface area contributed by atoms with Crippen molar-refractivity contribution in [1.82, 2.24) is 4.98 Å². The number of oxazole rings is 1. The molecule has 0 atom stereocenters. The predicted molar refractivity (Wildman–Crippen MR) is 58.7 cm³/mol. The van der Waals surface area contributed by atoms with Crippen LogP contribution in [-0.4, -0.2) is 16.1 Å². The molecule has 2 rings (SSSR count). The van der Waals surface area contributed by atoms with E-state index >= 15 is 0 Å². The van der Waals surface area contributed by atoms with Crippen LogP contribution in [0, 0.1) is 10.8 Å². The summed E-state index contributed by atoms with van der Waals surface area (Å²) in [6.45, 7) is 7.91. The molecule has 0 aromatic carbocycles. The molecule has 1 aliphatic carbocycles. The van der Waals surface area contributed by atoms with Gasteiger partial charge in [0, 0.05) is 5.92 Å². The van der Waals surface area contributed by atoms with Crippen molar-refractivity contribution in [1.29, 1.82) is 0 Å². The minimum atomic E-state index is -2.95. The number of alkyl halides is 2. The molecule has 0 amide bonds. The Kier molecular flexibility index (Phi) is 2.54. The molecule has 0 radical (unpaired) electrons. The highest BCUT2D eigenvalue weighted by Crippen LogP contribution is 2.73. The summed E-state index contributed by atoms with van der Waals surface area (Å²) in [5.41, 5.74) is -1.07. The number of hydrogen-bond donors (Lipinski definition) is 1. The van der Waals surface area contributed by atoms with Crippen molar-refractivity contribution < 1.29 is 23.1 Å². The molecule has 4 nitrogen and oxygen atoms in total. The van der Waals surface area contributed by atoms with Crippen LogP contribution in [0.1, 0.15) is 62.2 Å². The van der Waals surface area contributed by atoms with Crippen molar-refractivity contribution in [3.8, 4) is 0 Å². The molecular formula is C12H15F2NO3. The number of halogens is 2. The fourth-order valence-electron chi connectivity index (χ4n) is 2.59.